The van der Waals surface area contributed by atoms with Gasteiger partial charge in [-0.3, -0.25) is 0 Å². The van der Waals surface area contributed by atoms with Crippen LogP contribution in [0.25, 0.3) is 0 Å². The average Bonchev–Trinajstić information content (AvgIpc) is 2.18. The minimum atomic E-state index is 0.635. The molecule has 0 nitrogen and oxygen atoms in total. The number of hydrogen-bond donors (Lipinski definition) is 0. The lowest BCUT2D eigenvalue weighted by atomic mass is 10.2. The van der Waals surface area contributed by atoms with Gasteiger partial charge in [-0.15, -0.1) is 11.6 Å². The Hall–Kier alpha value is -0.200. The van der Waals surface area contributed by atoms with E-state index in [0.717, 1.165) is 23.4 Å². The third kappa shape index (κ3) is 2.72. The molecule has 0 spiro atoms. The van der Waals surface area contributed by atoms with Crippen LogP contribution in [0.4, 0.5) is 0 Å². The summed E-state index contributed by atoms with van der Waals surface area (Å²) >= 11 is 11.6. The molecule has 0 aliphatic heterocycles. The van der Waals surface area contributed by atoms with E-state index in [1.54, 1.807) is 0 Å². The maximum Gasteiger partial charge on any atom is 0.0264 e. The minimum Gasteiger partial charge on any atom is -0.126 e. The van der Waals surface area contributed by atoms with Crippen LogP contribution in [0.15, 0.2) is 34.9 Å². The SMILES string of the molecule is ClCCC1=C(Cl)CC=CC=C1. The Balaban J connectivity index is 2.72. The van der Waals surface area contributed by atoms with Crippen molar-refractivity contribution < 1.29 is 0 Å². The van der Waals surface area contributed by atoms with E-state index in [-0.39, 0.29) is 0 Å². The molecule has 0 aromatic rings. The zero-order chi connectivity index (χ0) is 8.10. The van der Waals surface area contributed by atoms with Crippen LogP contribution in [0, 0.1) is 0 Å². The van der Waals surface area contributed by atoms with E-state index in [2.05, 4.69) is 0 Å². The van der Waals surface area contributed by atoms with Crippen LogP contribution in [0.5, 0.6) is 0 Å². The summed E-state index contributed by atoms with van der Waals surface area (Å²) in [5.74, 6) is 0.635. The highest BCUT2D eigenvalue weighted by molar-refractivity contribution is 6.30. The van der Waals surface area contributed by atoms with Crippen molar-refractivity contribution in [2.24, 2.45) is 0 Å². The molecule has 0 unspecified atom stereocenters. The molecule has 1 aliphatic carbocycles. The number of allylic oxidation sites excluding steroid dienone is 6. The van der Waals surface area contributed by atoms with E-state index in [9.17, 15) is 0 Å². The fraction of sp³-hybridized carbons (Fsp3) is 0.333. The monoisotopic (exact) mass is 188 g/mol. The Morgan fingerprint density at radius 2 is 2.18 bits per heavy atom. The Bertz CT molecular complexity index is 212. The second-order valence-electron chi connectivity index (χ2n) is 2.36. The third-order valence-corrected chi connectivity index (χ3v) is 2.14. The number of alkyl halides is 1. The number of rotatable bonds is 2. The van der Waals surface area contributed by atoms with Gasteiger partial charge in [-0.1, -0.05) is 35.9 Å². The molecule has 2 heteroatoms. The van der Waals surface area contributed by atoms with Gasteiger partial charge >= 0.3 is 0 Å². The topological polar surface area (TPSA) is 0 Å². The van der Waals surface area contributed by atoms with E-state index < -0.39 is 0 Å². The summed E-state index contributed by atoms with van der Waals surface area (Å²) in [7, 11) is 0. The van der Waals surface area contributed by atoms with Crippen molar-refractivity contribution in [3.8, 4) is 0 Å². The number of hydrogen-bond acceptors (Lipinski definition) is 0. The molecule has 0 amide bonds. The summed E-state index contributed by atoms with van der Waals surface area (Å²) in [4.78, 5) is 0. The molecule has 0 bridgehead atoms. The Labute approximate surface area is 77.2 Å². The average molecular weight is 189 g/mol. The summed E-state index contributed by atoms with van der Waals surface area (Å²) in [6.07, 6.45) is 9.76. The molecule has 1 aliphatic rings. The summed E-state index contributed by atoms with van der Waals surface area (Å²) in [6, 6.07) is 0. The summed E-state index contributed by atoms with van der Waals surface area (Å²) < 4.78 is 0. The first kappa shape index (κ1) is 8.89. The second-order valence-corrected chi connectivity index (χ2v) is 3.19. The highest BCUT2D eigenvalue weighted by Crippen LogP contribution is 2.21. The Kier molecular flexibility index (Phi) is 3.74. The van der Waals surface area contributed by atoms with Gasteiger partial charge in [0.05, 0.1) is 0 Å². The summed E-state index contributed by atoms with van der Waals surface area (Å²) in [6.45, 7) is 0. The molecule has 0 atom stereocenters. The van der Waals surface area contributed by atoms with Gasteiger partial charge in [0.1, 0.15) is 0 Å². The standard InChI is InChI=1S/C9H10Cl2/c10-7-6-8-4-2-1-3-5-9(8)11/h1-4H,5-7H2. The van der Waals surface area contributed by atoms with Crippen molar-refractivity contribution in [1.82, 2.24) is 0 Å². The molecule has 11 heavy (non-hydrogen) atoms. The van der Waals surface area contributed by atoms with Crippen molar-refractivity contribution in [2.45, 2.75) is 12.8 Å². The zero-order valence-electron chi connectivity index (χ0n) is 6.19. The van der Waals surface area contributed by atoms with Crippen molar-refractivity contribution in [3.05, 3.63) is 34.9 Å². The fourth-order valence-corrected chi connectivity index (χ4v) is 1.41. The first-order chi connectivity index (χ1) is 5.34. The van der Waals surface area contributed by atoms with Gasteiger partial charge < -0.3 is 0 Å². The molecule has 0 radical (unpaired) electrons. The van der Waals surface area contributed by atoms with Gasteiger partial charge in [-0.25, -0.2) is 0 Å². The first-order valence-electron chi connectivity index (χ1n) is 3.61. The van der Waals surface area contributed by atoms with Crippen LogP contribution < -0.4 is 0 Å². The lowest BCUT2D eigenvalue weighted by Gasteiger charge is -2.00. The predicted octanol–water partition coefficient (Wildman–Crippen LogP) is 3.62. The summed E-state index contributed by atoms with van der Waals surface area (Å²) in [5, 5.41) is 0.913. The van der Waals surface area contributed by atoms with Crippen molar-refractivity contribution in [2.75, 3.05) is 5.88 Å². The van der Waals surface area contributed by atoms with E-state index in [0.29, 0.717) is 5.88 Å². The van der Waals surface area contributed by atoms with Gasteiger partial charge in [-0.2, -0.15) is 0 Å². The maximum atomic E-state index is 5.98. The fourth-order valence-electron chi connectivity index (χ4n) is 0.964. The Morgan fingerprint density at radius 3 is 2.91 bits per heavy atom. The van der Waals surface area contributed by atoms with Crippen molar-refractivity contribution in [3.63, 3.8) is 0 Å². The van der Waals surface area contributed by atoms with E-state index >= 15 is 0 Å². The van der Waals surface area contributed by atoms with Crippen LogP contribution in [0.2, 0.25) is 0 Å². The molecule has 0 fully saturated rings. The van der Waals surface area contributed by atoms with Crippen molar-refractivity contribution in [1.29, 1.82) is 0 Å². The third-order valence-electron chi connectivity index (χ3n) is 1.55. The predicted molar refractivity (Wildman–Crippen MR) is 51.1 cm³/mol. The quantitative estimate of drug-likeness (QED) is 0.582. The first-order valence-corrected chi connectivity index (χ1v) is 4.52. The molecule has 0 saturated heterocycles. The Morgan fingerprint density at radius 1 is 1.36 bits per heavy atom. The van der Waals surface area contributed by atoms with Crippen LogP contribution in [0.1, 0.15) is 12.8 Å². The molecule has 60 valence electrons. The highest BCUT2D eigenvalue weighted by atomic mass is 35.5. The lowest BCUT2D eigenvalue weighted by molar-refractivity contribution is 1.13. The number of halogens is 2. The van der Waals surface area contributed by atoms with Gasteiger partial charge in [0.2, 0.25) is 0 Å². The molecule has 0 heterocycles. The van der Waals surface area contributed by atoms with Crippen LogP contribution in [-0.4, -0.2) is 5.88 Å². The van der Waals surface area contributed by atoms with E-state index in [1.807, 2.05) is 24.3 Å². The molecular weight excluding hydrogens is 179 g/mol. The van der Waals surface area contributed by atoms with E-state index in [1.165, 1.54) is 0 Å². The van der Waals surface area contributed by atoms with Gasteiger partial charge in [0, 0.05) is 17.3 Å². The van der Waals surface area contributed by atoms with Gasteiger partial charge in [-0.05, 0) is 12.0 Å². The van der Waals surface area contributed by atoms with E-state index in [4.69, 9.17) is 23.2 Å². The zero-order valence-corrected chi connectivity index (χ0v) is 7.70. The van der Waals surface area contributed by atoms with Crippen molar-refractivity contribution >= 4 is 23.2 Å². The molecular formula is C9H10Cl2. The van der Waals surface area contributed by atoms with Gasteiger partial charge in [0.25, 0.3) is 0 Å². The normalized spacial score (nSPS) is 17.3. The largest absolute Gasteiger partial charge is 0.126 e. The highest BCUT2D eigenvalue weighted by Gasteiger charge is 2.00. The molecule has 0 N–H and O–H groups in total. The van der Waals surface area contributed by atoms with Gasteiger partial charge in [0.15, 0.2) is 0 Å². The molecule has 0 saturated carbocycles. The molecule has 1 rings (SSSR count). The van der Waals surface area contributed by atoms with Crippen LogP contribution >= 0.6 is 23.2 Å². The second kappa shape index (κ2) is 4.63. The summed E-state index contributed by atoms with van der Waals surface area (Å²) in [5.41, 5.74) is 1.16. The molecule has 0 aromatic heterocycles. The minimum absolute atomic E-state index is 0.635. The lowest BCUT2D eigenvalue weighted by Crippen LogP contribution is -1.83. The maximum absolute atomic E-state index is 5.98. The van der Waals surface area contributed by atoms with Crippen LogP contribution in [-0.2, 0) is 0 Å². The van der Waals surface area contributed by atoms with Crippen LogP contribution in [0.3, 0.4) is 0 Å². The smallest absolute Gasteiger partial charge is 0.0264 e. The molecule has 0 aromatic carbocycles.